The molecule has 8 nitrogen and oxygen atoms in total. The first-order valence-electron chi connectivity index (χ1n) is 9.42. The third-order valence-electron chi connectivity index (χ3n) is 5.73. The van der Waals surface area contributed by atoms with E-state index in [1.807, 2.05) is 0 Å². The van der Waals surface area contributed by atoms with Gasteiger partial charge in [-0.1, -0.05) is 11.6 Å². The average molecular weight is 474 g/mol. The van der Waals surface area contributed by atoms with Crippen LogP contribution in [0.2, 0.25) is 5.15 Å². The number of hydrogen-bond acceptors (Lipinski definition) is 5. The van der Waals surface area contributed by atoms with Crippen LogP contribution < -0.4 is 10.2 Å². The van der Waals surface area contributed by atoms with Gasteiger partial charge in [0.2, 0.25) is 0 Å². The number of alkyl halides is 5. The Morgan fingerprint density at radius 3 is 2.66 bits per heavy atom. The minimum absolute atomic E-state index is 0.0388. The smallest absolute Gasteiger partial charge is 0.306 e. The van der Waals surface area contributed by atoms with E-state index >= 15 is 0 Å². The van der Waals surface area contributed by atoms with Crippen molar-refractivity contribution in [1.29, 1.82) is 0 Å². The number of halogens is 6. The van der Waals surface area contributed by atoms with Gasteiger partial charge in [0.1, 0.15) is 11.1 Å². The fourth-order valence-corrected chi connectivity index (χ4v) is 4.38. The van der Waals surface area contributed by atoms with Crippen molar-refractivity contribution in [3.8, 4) is 0 Å². The number of nitrogens with zero attached hydrogens (tertiary/aromatic N) is 6. The number of urea groups is 1. The van der Waals surface area contributed by atoms with Crippen LogP contribution >= 0.6 is 11.6 Å². The van der Waals surface area contributed by atoms with Crippen LogP contribution in [0.25, 0.3) is 5.65 Å². The first kappa shape index (κ1) is 20.8. The molecule has 4 heterocycles. The normalized spacial score (nSPS) is 20.8. The molecule has 2 aliphatic rings. The lowest BCUT2D eigenvalue weighted by molar-refractivity contribution is -0.193. The van der Waals surface area contributed by atoms with Crippen LogP contribution in [-0.4, -0.2) is 43.5 Å². The molecule has 0 unspecified atom stereocenters. The third kappa shape index (κ3) is 3.05. The minimum atomic E-state index is -4.70. The zero-order chi connectivity index (χ0) is 22.8. The van der Waals surface area contributed by atoms with E-state index in [9.17, 15) is 26.7 Å². The number of hydrogen-bond donors (Lipinski definition) is 1. The molecule has 0 radical (unpaired) electrons. The molecule has 0 bridgehead atoms. The van der Waals surface area contributed by atoms with E-state index < -0.39 is 42.2 Å². The second-order valence-corrected chi connectivity index (χ2v) is 8.05. The van der Waals surface area contributed by atoms with E-state index in [0.29, 0.717) is 12.8 Å². The highest BCUT2D eigenvalue weighted by molar-refractivity contribution is 6.29. The molecular formula is C18H13ClF5N7O. The number of amides is 2. The lowest BCUT2D eigenvalue weighted by Crippen LogP contribution is -2.50. The molecule has 1 saturated carbocycles. The van der Waals surface area contributed by atoms with Crippen molar-refractivity contribution in [2.75, 3.05) is 16.8 Å². The molecule has 1 aliphatic carbocycles. The highest BCUT2D eigenvalue weighted by atomic mass is 35.5. The topological polar surface area (TPSA) is 88.3 Å². The number of nitrogens with one attached hydrogen (secondary N) is 1. The van der Waals surface area contributed by atoms with Gasteiger partial charge in [-0.05, 0) is 24.8 Å². The van der Waals surface area contributed by atoms with Gasteiger partial charge in [-0.25, -0.2) is 23.1 Å². The summed E-state index contributed by atoms with van der Waals surface area (Å²) in [5.41, 5.74) is -3.38. The molecule has 3 aromatic heterocycles. The molecule has 1 atom stereocenters. The van der Waals surface area contributed by atoms with E-state index in [-0.39, 0.29) is 27.9 Å². The lowest BCUT2D eigenvalue weighted by Gasteiger charge is -2.32. The van der Waals surface area contributed by atoms with Crippen molar-refractivity contribution in [3.05, 3.63) is 41.1 Å². The fraction of sp³-hybridized carbons (Fsp3) is 0.389. The number of carbonyl (C=O) groups is 1. The minimum Gasteiger partial charge on any atom is -0.306 e. The molecule has 0 spiro atoms. The zero-order valence-electron chi connectivity index (χ0n) is 15.9. The number of carbonyl (C=O) groups excluding carboxylic acids is 1. The van der Waals surface area contributed by atoms with Crippen LogP contribution in [0.3, 0.4) is 0 Å². The summed E-state index contributed by atoms with van der Waals surface area (Å²) in [5, 5.41) is 12.9. The summed E-state index contributed by atoms with van der Waals surface area (Å²) in [4.78, 5) is 18.0. The predicted octanol–water partition coefficient (Wildman–Crippen LogP) is 4.37. The fourth-order valence-electron chi connectivity index (χ4n) is 4.21. The largest absolute Gasteiger partial charge is 0.402 e. The van der Waals surface area contributed by atoms with Crippen molar-refractivity contribution in [2.24, 2.45) is 5.92 Å². The summed E-state index contributed by atoms with van der Waals surface area (Å²) in [6, 6.07) is 1.28. The van der Waals surface area contributed by atoms with Crippen LogP contribution in [-0.2, 0) is 5.41 Å². The van der Waals surface area contributed by atoms with E-state index in [1.54, 1.807) is 0 Å². The number of aromatic nitrogens is 5. The van der Waals surface area contributed by atoms with Crippen molar-refractivity contribution in [3.63, 3.8) is 0 Å². The summed E-state index contributed by atoms with van der Waals surface area (Å²) < 4.78 is 70.5. The second-order valence-electron chi connectivity index (χ2n) is 7.66. The molecule has 2 amide bonds. The van der Waals surface area contributed by atoms with Gasteiger partial charge in [-0.3, -0.25) is 4.90 Å². The quantitative estimate of drug-likeness (QED) is 0.571. The Morgan fingerprint density at radius 2 is 2.00 bits per heavy atom. The Balaban J connectivity index is 1.61. The van der Waals surface area contributed by atoms with Crippen molar-refractivity contribution >= 4 is 34.7 Å². The van der Waals surface area contributed by atoms with Crippen LogP contribution in [0.4, 0.5) is 38.1 Å². The predicted molar refractivity (Wildman–Crippen MR) is 102 cm³/mol. The molecule has 1 aliphatic heterocycles. The highest BCUT2D eigenvalue weighted by Crippen LogP contribution is 2.61. The van der Waals surface area contributed by atoms with Crippen LogP contribution in [0.5, 0.6) is 0 Å². The maximum absolute atomic E-state index is 14.6. The van der Waals surface area contributed by atoms with Crippen LogP contribution in [0.1, 0.15) is 30.7 Å². The van der Waals surface area contributed by atoms with E-state index in [2.05, 4.69) is 25.6 Å². The van der Waals surface area contributed by atoms with Crippen LogP contribution in [0.15, 0.2) is 24.5 Å². The second kappa shape index (κ2) is 6.95. The van der Waals surface area contributed by atoms with E-state index in [1.165, 1.54) is 6.07 Å². The summed E-state index contributed by atoms with van der Waals surface area (Å²) >= 11 is 5.91. The van der Waals surface area contributed by atoms with Gasteiger partial charge in [0.15, 0.2) is 10.8 Å². The first-order valence-corrected chi connectivity index (χ1v) is 9.80. The van der Waals surface area contributed by atoms with Crippen molar-refractivity contribution in [2.45, 2.75) is 30.9 Å². The number of anilines is 2. The van der Waals surface area contributed by atoms with Gasteiger partial charge in [-0.2, -0.15) is 23.4 Å². The Kier molecular flexibility index (Phi) is 4.52. The molecule has 168 valence electrons. The van der Waals surface area contributed by atoms with E-state index in [4.69, 9.17) is 11.6 Å². The Hall–Kier alpha value is -3.09. The summed E-state index contributed by atoms with van der Waals surface area (Å²) in [6.45, 7) is -0.708. The highest BCUT2D eigenvalue weighted by Gasteiger charge is 2.69. The summed E-state index contributed by atoms with van der Waals surface area (Å²) in [6.07, 6.45) is -4.79. The van der Waals surface area contributed by atoms with Gasteiger partial charge in [0.05, 0.1) is 29.5 Å². The van der Waals surface area contributed by atoms with Gasteiger partial charge < -0.3 is 5.32 Å². The molecular weight excluding hydrogens is 461 g/mol. The molecule has 3 aromatic rings. The number of fused-ring (bicyclic) bond motifs is 3. The molecule has 0 aromatic carbocycles. The Morgan fingerprint density at radius 1 is 1.25 bits per heavy atom. The molecule has 5 rings (SSSR count). The van der Waals surface area contributed by atoms with Crippen molar-refractivity contribution < 1.29 is 26.7 Å². The van der Waals surface area contributed by atoms with Gasteiger partial charge in [0.25, 0.3) is 6.43 Å². The number of rotatable bonds is 3. The average Bonchev–Trinajstić information content (AvgIpc) is 3.39. The molecule has 1 fully saturated rings. The molecule has 0 saturated heterocycles. The van der Waals surface area contributed by atoms with Gasteiger partial charge >= 0.3 is 12.2 Å². The standard InChI is InChI=1S/C18H13ClF5N7O/c19-12-4-13-25-6-11-14(31(13)29-12)17(8-1-2-8,18(22,23)24)7-30(11)16(32)27-9-3-10(15(20)21)28-26-5-9/h3-6,8,15H,1-2,7H2,(H,27,28,32)/t17-/m1/s1. The van der Waals surface area contributed by atoms with Crippen molar-refractivity contribution in [1.82, 2.24) is 24.8 Å². The SMILES string of the molecule is O=C(Nc1cnnc(C(F)F)c1)N1C[C@](C2CC2)(C(F)(F)F)c2c1cnc1cc(Cl)nn21. The van der Waals surface area contributed by atoms with Crippen LogP contribution in [0, 0.1) is 5.92 Å². The zero-order valence-corrected chi connectivity index (χ0v) is 16.7. The third-order valence-corrected chi connectivity index (χ3v) is 5.91. The maximum Gasteiger partial charge on any atom is 0.402 e. The first-order chi connectivity index (χ1) is 15.1. The Labute approximate surface area is 181 Å². The lowest BCUT2D eigenvalue weighted by atomic mass is 9.80. The molecule has 32 heavy (non-hydrogen) atoms. The summed E-state index contributed by atoms with van der Waals surface area (Å²) in [5.74, 6) is -0.749. The Bertz CT molecular complexity index is 1230. The van der Waals surface area contributed by atoms with E-state index in [0.717, 1.165) is 27.9 Å². The monoisotopic (exact) mass is 473 g/mol. The molecule has 1 N–H and O–H groups in total. The van der Waals surface area contributed by atoms with Gasteiger partial charge in [0, 0.05) is 12.6 Å². The van der Waals surface area contributed by atoms with Gasteiger partial charge in [-0.15, -0.1) is 5.10 Å². The summed E-state index contributed by atoms with van der Waals surface area (Å²) in [7, 11) is 0. The maximum atomic E-state index is 14.6. The molecule has 14 heteroatoms.